The molecular weight excluding hydrogens is 386 g/mol. The summed E-state index contributed by atoms with van der Waals surface area (Å²) in [6, 6.07) is 10.7. The van der Waals surface area contributed by atoms with E-state index in [4.69, 9.17) is 14.2 Å². The number of nitrogens with zero attached hydrogens (tertiary/aromatic N) is 1. The fraction of sp³-hybridized carbons (Fsp3) is 0.273. The molecule has 3 N–H and O–H groups in total. The third kappa shape index (κ3) is 4.03. The Bertz CT molecular complexity index is 1050. The highest BCUT2D eigenvalue weighted by Gasteiger charge is 2.25. The molecule has 0 spiro atoms. The second-order valence-corrected chi connectivity index (χ2v) is 7.09. The summed E-state index contributed by atoms with van der Waals surface area (Å²) in [4.78, 5) is 12.8. The van der Waals surface area contributed by atoms with Gasteiger partial charge >= 0.3 is 0 Å². The minimum Gasteiger partial charge on any atom is -0.508 e. The third-order valence-electron chi connectivity index (χ3n) is 5.22. The van der Waals surface area contributed by atoms with E-state index >= 15 is 0 Å². The SMILES string of the molecule is COc1ccc(C(CC(=O)NCc2cn[nH]c2C)c2cc3c(cc2O)OCO3)cc1. The number of carbonyl (C=O) groups is 1. The molecule has 0 fully saturated rings. The van der Waals surface area contributed by atoms with Crippen LogP contribution < -0.4 is 19.5 Å². The van der Waals surface area contributed by atoms with Crippen LogP contribution in [0.4, 0.5) is 0 Å². The van der Waals surface area contributed by atoms with Crippen LogP contribution in [-0.4, -0.2) is 35.1 Å². The molecule has 1 atom stereocenters. The maximum absolute atomic E-state index is 12.8. The summed E-state index contributed by atoms with van der Waals surface area (Å²) in [5.74, 6) is 1.29. The Kier molecular flexibility index (Phi) is 5.47. The second kappa shape index (κ2) is 8.36. The largest absolute Gasteiger partial charge is 0.508 e. The minimum absolute atomic E-state index is 0.0542. The Morgan fingerprint density at radius 1 is 1.27 bits per heavy atom. The highest BCUT2D eigenvalue weighted by Crippen LogP contribution is 2.43. The zero-order valence-corrected chi connectivity index (χ0v) is 16.8. The van der Waals surface area contributed by atoms with Gasteiger partial charge < -0.3 is 24.6 Å². The first-order valence-corrected chi connectivity index (χ1v) is 9.57. The number of amides is 1. The number of hydrogen-bond acceptors (Lipinski definition) is 6. The molecule has 0 saturated carbocycles. The summed E-state index contributed by atoms with van der Waals surface area (Å²) in [6.07, 6.45) is 1.84. The van der Waals surface area contributed by atoms with Crippen LogP contribution in [0.5, 0.6) is 23.0 Å². The van der Waals surface area contributed by atoms with E-state index in [0.717, 1.165) is 16.8 Å². The van der Waals surface area contributed by atoms with Gasteiger partial charge in [0.2, 0.25) is 12.7 Å². The van der Waals surface area contributed by atoms with Crippen molar-refractivity contribution in [3.05, 3.63) is 65.0 Å². The maximum Gasteiger partial charge on any atom is 0.231 e. The molecule has 1 amide bonds. The Morgan fingerprint density at radius 3 is 2.67 bits per heavy atom. The van der Waals surface area contributed by atoms with E-state index in [1.807, 2.05) is 31.2 Å². The topological polar surface area (TPSA) is 106 Å². The summed E-state index contributed by atoms with van der Waals surface area (Å²) in [5.41, 5.74) is 3.31. The number of H-pyrrole nitrogens is 1. The number of methoxy groups -OCH3 is 1. The van der Waals surface area contributed by atoms with Gasteiger partial charge in [0.25, 0.3) is 0 Å². The normalized spacial score (nSPS) is 13.1. The molecule has 0 radical (unpaired) electrons. The lowest BCUT2D eigenvalue weighted by Gasteiger charge is -2.20. The quantitative estimate of drug-likeness (QED) is 0.554. The number of nitrogens with one attached hydrogen (secondary N) is 2. The zero-order valence-electron chi connectivity index (χ0n) is 16.8. The Labute approximate surface area is 173 Å². The number of aromatic nitrogens is 2. The van der Waals surface area contributed by atoms with Crippen molar-refractivity contribution in [2.24, 2.45) is 0 Å². The van der Waals surface area contributed by atoms with Crippen LogP contribution in [0, 0.1) is 6.92 Å². The van der Waals surface area contributed by atoms with E-state index in [9.17, 15) is 9.90 Å². The van der Waals surface area contributed by atoms with Crippen molar-refractivity contribution in [1.82, 2.24) is 15.5 Å². The average molecular weight is 409 g/mol. The van der Waals surface area contributed by atoms with E-state index in [1.165, 1.54) is 6.07 Å². The van der Waals surface area contributed by atoms with Gasteiger partial charge in [-0.3, -0.25) is 9.89 Å². The number of hydrogen-bond donors (Lipinski definition) is 3. The van der Waals surface area contributed by atoms with Crippen molar-refractivity contribution >= 4 is 5.91 Å². The highest BCUT2D eigenvalue weighted by atomic mass is 16.7. The number of aryl methyl sites for hydroxylation is 1. The summed E-state index contributed by atoms with van der Waals surface area (Å²) < 4.78 is 16.0. The number of aromatic amines is 1. The molecule has 1 unspecified atom stereocenters. The van der Waals surface area contributed by atoms with Crippen LogP contribution in [0.3, 0.4) is 0 Å². The molecule has 0 saturated heterocycles. The summed E-state index contributed by atoms with van der Waals surface area (Å²) >= 11 is 0. The number of rotatable bonds is 7. The van der Waals surface area contributed by atoms with Crippen LogP contribution in [-0.2, 0) is 11.3 Å². The molecule has 3 aromatic rings. The van der Waals surface area contributed by atoms with Gasteiger partial charge in [-0.1, -0.05) is 12.1 Å². The molecule has 1 aliphatic heterocycles. The van der Waals surface area contributed by atoms with Gasteiger partial charge in [-0.05, 0) is 30.7 Å². The molecule has 0 aliphatic carbocycles. The highest BCUT2D eigenvalue weighted by molar-refractivity contribution is 5.78. The molecule has 0 bridgehead atoms. The molecule has 2 aromatic carbocycles. The standard InChI is InChI=1S/C22H23N3O5/c1-13-15(11-24-25-13)10-23-22(27)8-17(14-3-5-16(28-2)6-4-14)18-7-20-21(9-19(18)26)30-12-29-20/h3-7,9,11,17,26H,8,10,12H2,1-2H3,(H,23,27)(H,24,25). The van der Waals surface area contributed by atoms with Crippen molar-refractivity contribution in [1.29, 1.82) is 0 Å². The lowest BCUT2D eigenvalue weighted by atomic mass is 9.87. The summed E-state index contributed by atoms with van der Waals surface area (Å²) in [5, 5.41) is 20.4. The monoisotopic (exact) mass is 409 g/mol. The first kappa shape index (κ1) is 19.6. The van der Waals surface area contributed by atoms with Crippen LogP contribution in [0.25, 0.3) is 0 Å². The maximum atomic E-state index is 12.8. The van der Waals surface area contributed by atoms with E-state index in [1.54, 1.807) is 19.4 Å². The number of carbonyl (C=O) groups excluding carboxylic acids is 1. The molecule has 30 heavy (non-hydrogen) atoms. The number of phenolic OH excluding ortho intramolecular Hbond substituents is 1. The van der Waals surface area contributed by atoms with Gasteiger partial charge in [0, 0.05) is 41.8 Å². The molecule has 2 heterocycles. The van der Waals surface area contributed by atoms with Crippen LogP contribution in [0.2, 0.25) is 0 Å². The fourth-order valence-electron chi connectivity index (χ4n) is 3.47. The van der Waals surface area contributed by atoms with Crippen molar-refractivity contribution in [3.8, 4) is 23.0 Å². The van der Waals surface area contributed by atoms with Gasteiger partial charge in [-0.15, -0.1) is 0 Å². The van der Waals surface area contributed by atoms with E-state index in [0.29, 0.717) is 29.4 Å². The Morgan fingerprint density at radius 2 is 2.00 bits per heavy atom. The number of aromatic hydroxyl groups is 1. The van der Waals surface area contributed by atoms with Crippen LogP contribution in [0.15, 0.2) is 42.6 Å². The van der Waals surface area contributed by atoms with Gasteiger partial charge in [0.05, 0.1) is 13.3 Å². The Hall–Kier alpha value is -3.68. The molecule has 156 valence electrons. The van der Waals surface area contributed by atoms with Gasteiger partial charge in [0.1, 0.15) is 11.5 Å². The first-order chi connectivity index (χ1) is 14.5. The van der Waals surface area contributed by atoms with Gasteiger partial charge in [0.15, 0.2) is 11.5 Å². The fourth-order valence-corrected chi connectivity index (χ4v) is 3.47. The predicted molar refractivity (Wildman–Crippen MR) is 109 cm³/mol. The smallest absolute Gasteiger partial charge is 0.231 e. The lowest BCUT2D eigenvalue weighted by Crippen LogP contribution is -2.25. The number of ether oxygens (including phenoxy) is 3. The van der Waals surface area contributed by atoms with Crippen molar-refractivity contribution in [2.75, 3.05) is 13.9 Å². The number of benzene rings is 2. The van der Waals surface area contributed by atoms with Crippen LogP contribution in [0.1, 0.15) is 34.7 Å². The van der Waals surface area contributed by atoms with Gasteiger partial charge in [-0.2, -0.15) is 5.10 Å². The first-order valence-electron chi connectivity index (χ1n) is 9.57. The summed E-state index contributed by atoms with van der Waals surface area (Å²) in [7, 11) is 1.60. The van der Waals surface area contributed by atoms with E-state index in [-0.39, 0.29) is 30.8 Å². The molecule has 4 rings (SSSR count). The predicted octanol–water partition coefficient (Wildman–Crippen LogP) is 3.00. The number of fused-ring (bicyclic) bond motifs is 1. The molecule has 8 nitrogen and oxygen atoms in total. The van der Waals surface area contributed by atoms with Crippen molar-refractivity contribution < 1.29 is 24.1 Å². The lowest BCUT2D eigenvalue weighted by molar-refractivity contribution is -0.121. The van der Waals surface area contributed by atoms with Crippen LogP contribution >= 0.6 is 0 Å². The molecule has 8 heteroatoms. The zero-order chi connectivity index (χ0) is 21.1. The van der Waals surface area contributed by atoms with Crippen molar-refractivity contribution in [2.45, 2.75) is 25.8 Å². The van der Waals surface area contributed by atoms with Gasteiger partial charge in [-0.25, -0.2) is 0 Å². The summed E-state index contributed by atoms with van der Waals surface area (Å²) in [6.45, 7) is 2.39. The average Bonchev–Trinajstić information content (AvgIpc) is 3.38. The minimum atomic E-state index is -0.379. The second-order valence-electron chi connectivity index (χ2n) is 7.09. The molecule has 1 aliphatic rings. The Balaban J connectivity index is 1.60. The van der Waals surface area contributed by atoms with E-state index < -0.39 is 0 Å². The van der Waals surface area contributed by atoms with E-state index in [2.05, 4.69) is 15.5 Å². The number of phenols is 1. The molecular formula is C22H23N3O5. The molecule has 1 aromatic heterocycles. The third-order valence-corrected chi connectivity index (χ3v) is 5.22. The van der Waals surface area contributed by atoms with Crippen molar-refractivity contribution in [3.63, 3.8) is 0 Å².